The summed E-state index contributed by atoms with van der Waals surface area (Å²) in [5.41, 5.74) is 0.0700. The monoisotopic (exact) mass is 235 g/mol. The van der Waals surface area contributed by atoms with Gasteiger partial charge in [-0.1, -0.05) is 13.8 Å². The highest BCUT2D eigenvalue weighted by molar-refractivity contribution is 5.84. The number of carbonyl (C=O) groups is 1. The third kappa shape index (κ3) is 1.63. The van der Waals surface area contributed by atoms with E-state index in [-0.39, 0.29) is 5.41 Å². The van der Waals surface area contributed by atoms with Crippen LogP contribution in [0.4, 0.5) is 0 Å². The van der Waals surface area contributed by atoms with Crippen LogP contribution in [0.15, 0.2) is 0 Å². The lowest BCUT2D eigenvalue weighted by Gasteiger charge is -2.29. The predicted molar refractivity (Wildman–Crippen MR) is 68.4 cm³/mol. The molecule has 2 heteroatoms. The lowest BCUT2D eigenvalue weighted by atomic mass is 9.79. The van der Waals surface area contributed by atoms with Crippen molar-refractivity contribution >= 4 is 5.91 Å². The topological polar surface area (TPSA) is 29.1 Å². The molecule has 3 unspecified atom stereocenters. The Morgan fingerprint density at radius 3 is 2.24 bits per heavy atom. The van der Waals surface area contributed by atoms with E-state index < -0.39 is 0 Å². The Hall–Kier alpha value is -0.530. The molecule has 0 aromatic rings. The van der Waals surface area contributed by atoms with Crippen LogP contribution < -0.4 is 5.32 Å². The first-order chi connectivity index (χ1) is 8.01. The molecule has 96 valence electrons. The Balaban J connectivity index is 1.64. The maximum Gasteiger partial charge on any atom is 0.226 e. The van der Waals surface area contributed by atoms with E-state index in [2.05, 4.69) is 26.1 Å². The van der Waals surface area contributed by atoms with Crippen LogP contribution in [0.1, 0.15) is 52.9 Å². The molecule has 0 heterocycles. The van der Waals surface area contributed by atoms with Gasteiger partial charge in [0.25, 0.3) is 0 Å². The molecule has 3 atom stereocenters. The highest BCUT2D eigenvalue weighted by Crippen LogP contribution is 2.70. The van der Waals surface area contributed by atoms with E-state index >= 15 is 0 Å². The average Bonchev–Trinajstić information content (AvgIpc) is 2.85. The fourth-order valence-electron chi connectivity index (χ4n) is 5.02. The summed E-state index contributed by atoms with van der Waals surface area (Å²) in [6.07, 6.45) is 6.18. The standard InChI is InChI=1S/C15H25NO/c1-9(2)4-10(3)16-14(17)15-7-11-5-13(15)6-12(11)8-15/h9-13H,4-8H2,1-3H3,(H,16,17). The van der Waals surface area contributed by atoms with Crippen molar-refractivity contribution in [3.05, 3.63) is 0 Å². The Bertz CT molecular complexity index is 322. The number of rotatable bonds is 4. The van der Waals surface area contributed by atoms with Crippen molar-refractivity contribution in [1.82, 2.24) is 5.32 Å². The summed E-state index contributed by atoms with van der Waals surface area (Å²) in [6.45, 7) is 6.60. The maximum atomic E-state index is 12.5. The molecule has 4 saturated carbocycles. The molecule has 0 radical (unpaired) electrons. The molecule has 1 N–H and O–H groups in total. The van der Waals surface area contributed by atoms with Crippen LogP contribution in [0.5, 0.6) is 0 Å². The molecule has 17 heavy (non-hydrogen) atoms. The zero-order chi connectivity index (χ0) is 12.2. The van der Waals surface area contributed by atoms with Gasteiger partial charge >= 0.3 is 0 Å². The van der Waals surface area contributed by atoms with E-state index in [0.29, 0.717) is 17.9 Å². The van der Waals surface area contributed by atoms with Crippen LogP contribution in [0, 0.1) is 29.1 Å². The van der Waals surface area contributed by atoms with E-state index in [0.717, 1.165) is 24.2 Å². The molecule has 4 bridgehead atoms. The minimum absolute atomic E-state index is 0.0700. The molecule has 0 aromatic heterocycles. The molecule has 4 rings (SSSR count). The summed E-state index contributed by atoms with van der Waals surface area (Å²) >= 11 is 0. The first-order valence-electron chi connectivity index (χ1n) is 7.32. The van der Waals surface area contributed by atoms with Gasteiger partial charge in [0.15, 0.2) is 0 Å². The maximum absolute atomic E-state index is 12.5. The van der Waals surface area contributed by atoms with E-state index in [9.17, 15) is 4.79 Å². The molecule has 4 fully saturated rings. The Morgan fingerprint density at radius 2 is 1.82 bits per heavy atom. The van der Waals surface area contributed by atoms with Gasteiger partial charge in [0.2, 0.25) is 5.91 Å². The lowest BCUT2D eigenvalue weighted by Crippen LogP contribution is -2.44. The first-order valence-corrected chi connectivity index (χ1v) is 7.32. The Kier molecular flexibility index (Phi) is 2.53. The molecule has 4 aliphatic rings. The van der Waals surface area contributed by atoms with Gasteiger partial charge in [-0.05, 0) is 62.7 Å². The number of hydrogen-bond donors (Lipinski definition) is 1. The minimum atomic E-state index is 0.0700. The molecular weight excluding hydrogens is 210 g/mol. The van der Waals surface area contributed by atoms with E-state index in [1.807, 2.05) is 0 Å². The summed E-state index contributed by atoms with van der Waals surface area (Å²) < 4.78 is 0. The average molecular weight is 235 g/mol. The molecule has 4 aliphatic carbocycles. The van der Waals surface area contributed by atoms with Crippen LogP contribution in [0.3, 0.4) is 0 Å². The molecule has 1 amide bonds. The van der Waals surface area contributed by atoms with Gasteiger partial charge in [-0.15, -0.1) is 0 Å². The van der Waals surface area contributed by atoms with E-state index in [4.69, 9.17) is 0 Å². The van der Waals surface area contributed by atoms with Crippen LogP contribution in [-0.2, 0) is 4.79 Å². The molecule has 0 spiro atoms. The number of amides is 1. The number of carbonyl (C=O) groups excluding carboxylic acids is 1. The summed E-state index contributed by atoms with van der Waals surface area (Å²) in [5, 5.41) is 3.29. The summed E-state index contributed by atoms with van der Waals surface area (Å²) in [6, 6.07) is 0.341. The molecular formula is C15H25NO. The van der Waals surface area contributed by atoms with Crippen LogP contribution in [-0.4, -0.2) is 11.9 Å². The summed E-state index contributed by atoms with van der Waals surface area (Å²) in [7, 11) is 0. The smallest absolute Gasteiger partial charge is 0.226 e. The fraction of sp³-hybridized carbons (Fsp3) is 0.933. The van der Waals surface area contributed by atoms with Gasteiger partial charge in [-0.3, -0.25) is 4.79 Å². The van der Waals surface area contributed by atoms with Crippen molar-refractivity contribution < 1.29 is 4.79 Å². The van der Waals surface area contributed by atoms with Crippen LogP contribution >= 0.6 is 0 Å². The number of hydrogen-bond acceptors (Lipinski definition) is 1. The molecule has 0 saturated heterocycles. The van der Waals surface area contributed by atoms with Gasteiger partial charge < -0.3 is 5.32 Å². The first kappa shape index (κ1) is 11.6. The second-order valence-corrected chi connectivity index (χ2v) is 7.26. The van der Waals surface area contributed by atoms with Crippen molar-refractivity contribution in [3.63, 3.8) is 0 Å². The lowest BCUT2D eigenvalue weighted by molar-refractivity contribution is -0.132. The van der Waals surface area contributed by atoms with Crippen molar-refractivity contribution in [3.8, 4) is 0 Å². The normalized spacial score (nSPS) is 43.6. The van der Waals surface area contributed by atoms with Crippen molar-refractivity contribution in [2.45, 2.75) is 58.9 Å². The summed E-state index contributed by atoms with van der Waals surface area (Å²) in [4.78, 5) is 12.5. The third-order valence-electron chi connectivity index (χ3n) is 5.53. The van der Waals surface area contributed by atoms with Crippen LogP contribution in [0.25, 0.3) is 0 Å². The zero-order valence-corrected chi connectivity index (χ0v) is 11.3. The van der Waals surface area contributed by atoms with E-state index in [1.165, 1.54) is 25.7 Å². The van der Waals surface area contributed by atoms with Crippen molar-refractivity contribution in [2.75, 3.05) is 0 Å². The van der Waals surface area contributed by atoms with Gasteiger partial charge in [-0.25, -0.2) is 0 Å². The second kappa shape index (κ2) is 3.73. The zero-order valence-electron chi connectivity index (χ0n) is 11.3. The predicted octanol–water partition coefficient (Wildman–Crippen LogP) is 2.97. The van der Waals surface area contributed by atoms with Crippen LogP contribution in [0.2, 0.25) is 0 Å². The molecule has 0 aliphatic heterocycles. The Labute approximate surface area is 105 Å². The highest BCUT2D eigenvalue weighted by Gasteiger charge is 2.66. The minimum Gasteiger partial charge on any atom is -0.353 e. The second-order valence-electron chi connectivity index (χ2n) is 7.26. The largest absolute Gasteiger partial charge is 0.353 e. The van der Waals surface area contributed by atoms with Gasteiger partial charge in [-0.2, -0.15) is 0 Å². The highest BCUT2D eigenvalue weighted by atomic mass is 16.2. The fourth-order valence-corrected chi connectivity index (χ4v) is 5.02. The molecule has 0 aromatic carbocycles. The number of nitrogens with one attached hydrogen (secondary N) is 1. The molecule has 2 nitrogen and oxygen atoms in total. The van der Waals surface area contributed by atoms with E-state index in [1.54, 1.807) is 0 Å². The SMILES string of the molecule is CC(C)CC(C)NC(=O)C12CC3CC1CC3C2. The van der Waals surface area contributed by atoms with Gasteiger partial charge in [0.05, 0.1) is 5.41 Å². The Morgan fingerprint density at radius 1 is 1.24 bits per heavy atom. The van der Waals surface area contributed by atoms with Crippen molar-refractivity contribution in [1.29, 1.82) is 0 Å². The van der Waals surface area contributed by atoms with Crippen molar-refractivity contribution in [2.24, 2.45) is 29.1 Å². The summed E-state index contributed by atoms with van der Waals surface area (Å²) in [5.74, 6) is 3.57. The quantitative estimate of drug-likeness (QED) is 0.797. The van der Waals surface area contributed by atoms with Gasteiger partial charge in [0, 0.05) is 6.04 Å². The van der Waals surface area contributed by atoms with Gasteiger partial charge in [0.1, 0.15) is 0 Å². The third-order valence-corrected chi connectivity index (χ3v) is 5.53.